The highest BCUT2D eigenvalue weighted by Crippen LogP contribution is 2.60. The second-order valence-electron chi connectivity index (χ2n) is 15.6. The van der Waals surface area contributed by atoms with Crippen LogP contribution in [-0.4, -0.2) is 0 Å². The first kappa shape index (κ1) is 35.4. The van der Waals surface area contributed by atoms with Crippen LogP contribution in [0.2, 0.25) is 0 Å². The van der Waals surface area contributed by atoms with Gasteiger partial charge in [0.1, 0.15) is 0 Å². The maximum atomic E-state index is 2.50. The summed E-state index contributed by atoms with van der Waals surface area (Å²) in [6, 6.07) is 91.1. The van der Waals surface area contributed by atoms with E-state index in [4.69, 9.17) is 0 Å². The predicted octanol–water partition coefficient (Wildman–Crippen LogP) is 15.7. The molecule has 0 saturated carbocycles. The summed E-state index contributed by atoms with van der Waals surface area (Å²) in [5.41, 5.74) is 17.5. The number of hydrogen-bond donors (Lipinski definition) is 0. The van der Waals surface area contributed by atoms with Gasteiger partial charge in [-0.1, -0.05) is 212 Å². The molecule has 1 nitrogen and oxygen atoms in total. The SMILES string of the molecule is c1ccc(-c2ccc(N(c3ccc(-c4ccc5ccccc5c4)cc3)c3cccc4c3-c3ccccc3C4(c3ccccc3)c3ccccc3)c(-c3ccccc3)c2)cc1. The summed E-state index contributed by atoms with van der Waals surface area (Å²) in [5, 5.41) is 2.49. The van der Waals surface area contributed by atoms with Crippen molar-refractivity contribution in [3.63, 3.8) is 0 Å². The van der Waals surface area contributed by atoms with E-state index in [1.165, 1.54) is 72.0 Å². The third-order valence-electron chi connectivity index (χ3n) is 12.3. The van der Waals surface area contributed by atoms with Gasteiger partial charge in [0.15, 0.2) is 0 Å². The van der Waals surface area contributed by atoms with Crippen LogP contribution in [0, 0.1) is 0 Å². The average Bonchev–Trinajstić information content (AvgIpc) is 3.64. The lowest BCUT2D eigenvalue weighted by Gasteiger charge is -2.34. The fraction of sp³-hybridized carbons (Fsp3) is 0.0169. The minimum absolute atomic E-state index is 0.518. The van der Waals surface area contributed by atoms with Gasteiger partial charge in [-0.3, -0.25) is 0 Å². The highest BCUT2D eigenvalue weighted by molar-refractivity contribution is 6.00. The van der Waals surface area contributed by atoms with E-state index in [-0.39, 0.29) is 0 Å². The predicted molar refractivity (Wildman–Crippen MR) is 252 cm³/mol. The van der Waals surface area contributed by atoms with Crippen LogP contribution in [0.1, 0.15) is 22.3 Å². The molecule has 0 heterocycles. The molecule has 60 heavy (non-hydrogen) atoms. The lowest BCUT2D eigenvalue weighted by atomic mass is 9.68. The van der Waals surface area contributed by atoms with Crippen molar-refractivity contribution in [1.82, 2.24) is 0 Å². The topological polar surface area (TPSA) is 3.24 Å². The first-order valence-corrected chi connectivity index (χ1v) is 20.8. The van der Waals surface area contributed by atoms with E-state index >= 15 is 0 Å². The van der Waals surface area contributed by atoms with Crippen LogP contribution in [0.5, 0.6) is 0 Å². The maximum Gasteiger partial charge on any atom is 0.0714 e. The van der Waals surface area contributed by atoms with Crippen LogP contribution in [-0.2, 0) is 5.41 Å². The molecule has 0 unspecified atom stereocenters. The monoisotopic (exact) mass is 763 g/mol. The zero-order valence-corrected chi connectivity index (χ0v) is 33.1. The zero-order chi connectivity index (χ0) is 39.9. The minimum Gasteiger partial charge on any atom is -0.309 e. The molecule has 1 aliphatic carbocycles. The summed E-state index contributed by atoms with van der Waals surface area (Å²) in [4.78, 5) is 2.50. The molecule has 11 rings (SSSR count). The Balaban J connectivity index is 1.19. The van der Waals surface area contributed by atoms with E-state index in [9.17, 15) is 0 Å². The molecule has 282 valence electrons. The summed E-state index contributed by atoms with van der Waals surface area (Å²) in [6.45, 7) is 0. The van der Waals surface area contributed by atoms with E-state index in [0.29, 0.717) is 0 Å². The van der Waals surface area contributed by atoms with E-state index in [1.54, 1.807) is 0 Å². The highest BCUT2D eigenvalue weighted by Gasteiger charge is 2.47. The Morgan fingerprint density at radius 3 is 1.50 bits per heavy atom. The molecule has 0 amide bonds. The van der Waals surface area contributed by atoms with Crippen LogP contribution in [0.4, 0.5) is 17.1 Å². The van der Waals surface area contributed by atoms with Gasteiger partial charge in [0.25, 0.3) is 0 Å². The number of anilines is 3. The number of rotatable bonds is 8. The van der Waals surface area contributed by atoms with Gasteiger partial charge in [-0.15, -0.1) is 0 Å². The Morgan fingerprint density at radius 1 is 0.283 bits per heavy atom. The van der Waals surface area contributed by atoms with Crippen LogP contribution in [0.15, 0.2) is 249 Å². The molecule has 1 aliphatic rings. The van der Waals surface area contributed by atoms with Crippen LogP contribution in [0.3, 0.4) is 0 Å². The van der Waals surface area contributed by atoms with Gasteiger partial charge in [0, 0.05) is 16.8 Å². The molecule has 0 fully saturated rings. The number of hydrogen-bond acceptors (Lipinski definition) is 1. The van der Waals surface area contributed by atoms with Gasteiger partial charge in [-0.25, -0.2) is 0 Å². The zero-order valence-electron chi connectivity index (χ0n) is 33.1. The van der Waals surface area contributed by atoms with Crippen molar-refractivity contribution in [2.45, 2.75) is 5.41 Å². The van der Waals surface area contributed by atoms with E-state index in [2.05, 4.69) is 254 Å². The van der Waals surface area contributed by atoms with E-state index in [1.807, 2.05) is 0 Å². The van der Waals surface area contributed by atoms with E-state index < -0.39 is 5.41 Å². The van der Waals surface area contributed by atoms with Crippen molar-refractivity contribution in [3.05, 3.63) is 271 Å². The van der Waals surface area contributed by atoms with Gasteiger partial charge in [-0.05, 0) is 103 Å². The minimum atomic E-state index is -0.518. The van der Waals surface area contributed by atoms with Gasteiger partial charge in [0.05, 0.1) is 16.8 Å². The Hall–Kier alpha value is -7.74. The third kappa shape index (κ3) is 5.86. The molecule has 0 atom stereocenters. The second kappa shape index (κ2) is 14.9. The van der Waals surface area contributed by atoms with Gasteiger partial charge >= 0.3 is 0 Å². The number of fused-ring (bicyclic) bond motifs is 4. The van der Waals surface area contributed by atoms with Crippen molar-refractivity contribution in [2.75, 3.05) is 4.90 Å². The van der Waals surface area contributed by atoms with Crippen LogP contribution < -0.4 is 4.90 Å². The first-order chi connectivity index (χ1) is 29.8. The molecular weight excluding hydrogens is 723 g/mol. The summed E-state index contributed by atoms with van der Waals surface area (Å²) in [7, 11) is 0. The van der Waals surface area contributed by atoms with Crippen molar-refractivity contribution >= 4 is 27.8 Å². The fourth-order valence-corrected chi connectivity index (χ4v) is 9.63. The Bertz CT molecular complexity index is 3080. The Morgan fingerprint density at radius 2 is 0.800 bits per heavy atom. The smallest absolute Gasteiger partial charge is 0.0714 e. The molecular formula is C59H41N. The summed E-state index contributed by atoms with van der Waals surface area (Å²) >= 11 is 0. The molecule has 1 heteroatoms. The summed E-state index contributed by atoms with van der Waals surface area (Å²) < 4.78 is 0. The van der Waals surface area contributed by atoms with Gasteiger partial charge in [-0.2, -0.15) is 0 Å². The second-order valence-corrected chi connectivity index (χ2v) is 15.6. The quantitative estimate of drug-likeness (QED) is 0.149. The van der Waals surface area contributed by atoms with Crippen LogP contribution >= 0.6 is 0 Å². The largest absolute Gasteiger partial charge is 0.309 e. The third-order valence-corrected chi connectivity index (χ3v) is 12.3. The van der Waals surface area contributed by atoms with Crippen LogP contribution in [0.25, 0.3) is 55.3 Å². The molecule has 0 N–H and O–H groups in total. The molecule has 0 bridgehead atoms. The van der Waals surface area contributed by atoms with Crippen molar-refractivity contribution in [2.24, 2.45) is 0 Å². The highest BCUT2D eigenvalue weighted by atomic mass is 15.1. The Kier molecular flexibility index (Phi) is 8.79. The lowest BCUT2D eigenvalue weighted by molar-refractivity contribution is 0.768. The maximum absolute atomic E-state index is 2.50. The Labute approximate surface area is 352 Å². The molecule has 10 aromatic carbocycles. The molecule has 0 radical (unpaired) electrons. The normalized spacial score (nSPS) is 12.5. The fourth-order valence-electron chi connectivity index (χ4n) is 9.63. The number of benzene rings is 10. The van der Waals surface area contributed by atoms with E-state index in [0.717, 1.165) is 22.6 Å². The molecule has 0 saturated heterocycles. The van der Waals surface area contributed by atoms with Gasteiger partial charge in [0.2, 0.25) is 0 Å². The molecule has 0 aromatic heterocycles. The molecule has 10 aromatic rings. The van der Waals surface area contributed by atoms with Crippen molar-refractivity contribution in [3.8, 4) is 44.5 Å². The summed E-state index contributed by atoms with van der Waals surface area (Å²) in [6.07, 6.45) is 0. The summed E-state index contributed by atoms with van der Waals surface area (Å²) in [5.74, 6) is 0. The van der Waals surface area contributed by atoms with Crippen molar-refractivity contribution in [1.29, 1.82) is 0 Å². The molecule has 0 aliphatic heterocycles. The van der Waals surface area contributed by atoms with Crippen molar-refractivity contribution < 1.29 is 0 Å². The lowest BCUT2D eigenvalue weighted by Crippen LogP contribution is -2.28. The molecule has 0 spiro atoms. The van der Waals surface area contributed by atoms with Gasteiger partial charge < -0.3 is 4.90 Å². The standard InChI is InChI=1S/C59H41N/c1-5-18-42(19-6-1)48-36-39-56(53(41-48)45-21-7-2-8-22-45)60(51-37-34-44(35-38-51)47-33-32-43-20-13-14-23-46(43)40-47)57-31-17-30-55-58(57)52-28-15-16-29-54(52)59(55,49-24-9-3-10-25-49)50-26-11-4-12-27-50/h1-41H. The number of nitrogens with zero attached hydrogens (tertiary/aromatic N) is 1. The average molecular weight is 764 g/mol. The first-order valence-electron chi connectivity index (χ1n) is 20.8.